The van der Waals surface area contributed by atoms with E-state index in [-0.39, 0.29) is 12.1 Å². The summed E-state index contributed by atoms with van der Waals surface area (Å²) in [5, 5.41) is 13.4. The maximum absolute atomic E-state index is 13.5. The predicted octanol–water partition coefficient (Wildman–Crippen LogP) is 3.44. The average molecular weight is 298 g/mol. The number of hydrogen-bond donors (Lipinski definition) is 2. The fourth-order valence-corrected chi connectivity index (χ4v) is 2.14. The van der Waals surface area contributed by atoms with Crippen molar-refractivity contribution in [3.8, 4) is 0 Å². The fraction of sp³-hybridized carbons (Fsp3) is 0.200. The van der Waals surface area contributed by atoms with Crippen LogP contribution >= 0.6 is 11.6 Å². The third kappa shape index (κ3) is 3.76. The summed E-state index contributed by atoms with van der Waals surface area (Å²) >= 11 is 5.85. The molecule has 0 aliphatic rings. The second-order valence-corrected chi connectivity index (χ2v) is 4.85. The van der Waals surface area contributed by atoms with E-state index in [2.05, 4.69) is 5.32 Å². The van der Waals surface area contributed by atoms with Gasteiger partial charge in [0.25, 0.3) is 0 Å². The van der Waals surface area contributed by atoms with E-state index in [4.69, 9.17) is 11.6 Å². The minimum absolute atomic E-state index is 0.0460. The van der Waals surface area contributed by atoms with Gasteiger partial charge in [-0.3, -0.25) is 0 Å². The highest BCUT2D eigenvalue weighted by molar-refractivity contribution is 6.30. The van der Waals surface area contributed by atoms with E-state index < -0.39 is 17.7 Å². The summed E-state index contributed by atoms with van der Waals surface area (Å²) in [4.78, 5) is 0. The zero-order valence-corrected chi connectivity index (χ0v) is 11.4. The van der Waals surface area contributed by atoms with Crippen LogP contribution in [0.3, 0.4) is 0 Å². The maximum Gasteiger partial charge on any atom is 0.131 e. The summed E-state index contributed by atoms with van der Waals surface area (Å²) in [6, 6.07) is 10.7. The molecular weight excluding hydrogens is 284 g/mol. The van der Waals surface area contributed by atoms with Gasteiger partial charge in [0.05, 0.1) is 11.7 Å². The number of aliphatic hydroxyl groups excluding tert-OH is 1. The van der Waals surface area contributed by atoms with E-state index in [1.165, 1.54) is 6.07 Å². The van der Waals surface area contributed by atoms with Gasteiger partial charge >= 0.3 is 0 Å². The Morgan fingerprint density at radius 1 is 1.10 bits per heavy atom. The van der Waals surface area contributed by atoms with Crippen molar-refractivity contribution in [1.82, 2.24) is 5.32 Å². The molecule has 20 heavy (non-hydrogen) atoms. The third-order valence-electron chi connectivity index (χ3n) is 2.89. The average Bonchev–Trinajstić information content (AvgIpc) is 2.38. The van der Waals surface area contributed by atoms with Crippen molar-refractivity contribution < 1.29 is 13.9 Å². The van der Waals surface area contributed by atoms with Gasteiger partial charge in [0, 0.05) is 18.1 Å². The summed E-state index contributed by atoms with van der Waals surface area (Å²) in [6.07, 6.45) is -1.24. The van der Waals surface area contributed by atoms with Crippen molar-refractivity contribution in [1.29, 1.82) is 0 Å². The van der Waals surface area contributed by atoms with Gasteiger partial charge in [0.1, 0.15) is 11.6 Å². The topological polar surface area (TPSA) is 32.3 Å². The molecule has 0 aliphatic carbocycles. The Kier molecular flexibility index (Phi) is 5.06. The molecule has 0 bridgehead atoms. The smallest absolute Gasteiger partial charge is 0.131 e. The minimum atomic E-state index is -1.24. The van der Waals surface area contributed by atoms with Crippen LogP contribution in [-0.4, -0.2) is 11.7 Å². The van der Waals surface area contributed by atoms with Crippen molar-refractivity contribution in [2.24, 2.45) is 0 Å². The van der Waals surface area contributed by atoms with E-state index in [0.29, 0.717) is 11.6 Å². The summed E-state index contributed by atoms with van der Waals surface area (Å²) in [6.45, 7) is 0.498. The maximum atomic E-state index is 13.5. The van der Waals surface area contributed by atoms with Crippen LogP contribution in [0.1, 0.15) is 17.2 Å². The van der Waals surface area contributed by atoms with Gasteiger partial charge < -0.3 is 10.4 Å². The Morgan fingerprint density at radius 2 is 1.75 bits per heavy atom. The van der Waals surface area contributed by atoms with Crippen molar-refractivity contribution in [2.75, 3.05) is 6.54 Å². The molecule has 1 atom stereocenters. The molecule has 106 valence electrons. The molecular formula is C15H14ClF2NO. The standard InChI is InChI=1S/C15H14ClF2NO/c16-11-4-1-3-10(7-11)8-19-9-14(20)15-12(17)5-2-6-13(15)18/h1-7,14,19-20H,8-9H2. The Hall–Kier alpha value is -1.49. The first-order chi connectivity index (χ1) is 9.58. The van der Waals surface area contributed by atoms with E-state index in [1.54, 1.807) is 12.1 Å². The zero-order chi connectivity index (χ0) is 14.5. The summed E-state index contributed by atoms with van der Waals surface area (Å²) in [5.74, 6) is -1.50. The highest BCUT2D eigenvalue weighted by atomic mass is 35.5. The van der Waals surface area contributed by atoms with Gasteiger partial charge in [-0.2, -0.15) is 0 Å². The Bertz CT molecular complexity index is 572. The molecule has 0 saturated carbocycles. The molecule has 2 aromatic rings. The van der Waals surface area contributed by atoms with Crippen LogP contribution in [0.25, 0.3) is 0 Å². The van der Waals surface area contributed by atoms with Gasteiger partial charge in [-0.05, 0) is 29.8 Å². The fourth-order valence-electron chi connectivity index (χ4n) is 1.93. The van der Waals surface area contributed by atoms with Crippen LogP contribution in [0.15, 0.2) is 42.5 Å². The SMILES string of the molecule is OC(CNCc1cccc(Cl)c1)c1c(F)cccc1F. The van der Waals surface area contributed by atoms with Crippen molar-refractivity contribution in [3.63, 3.8) is 0 Å². The lowest BCUT2D eigenvalue weighted by molar-refractivity contribution is 0.164. The molecule has 0 fully saturated rings. The van der Waals surface area contributed by atoms with Gasteiger partial charge in [0.15, 0.2) is 0 Å². The van der Waals surface area contributed by atoms with Crippen molar-refractivity contribution in [3.05, 3.63) is 70.2 Å². The lowest BCUT2D eigenvalue weighted by Gasteiger charge is -2.14. The van der Waals surface area contributed by atoms with E-state index in [9.17, 15) is 13.9 Å². The van der Waals surface area contributed by atoms with Crippen molar-refractivity contribution in [2.45, 2.75) is 12.6 Å². The number of hydrogen-bond acceptors (Lipinski definition) is 2. The normalized spacial score (nSPS) is 12.4. The molecule has 2 N–H and O–H groups in total. The summed E-state index contributed by atoms with van der Waals surface area (Å²) in [5.41, 5.74) is 0.616. The number of rotatable bonds is 5. The van der Waals surface area contributed by atoms with Gasteiger partial charge in [-0.1, -0.05) is 29.8 Å². The number of benzene rings is 2. The Morgan fingerprint density at radius 3 is 2.40 bits per heavy atom. The van der Waals surface area contributed by atoms with Crippen LogP contribution < -0.4 is 5.32 Å². The van der Waals surface area contributed by atoms with Crippen LogP contribution in [0.4, 0.5) is 8.78 Å². The third-order valence-corrected chi connectivity index (χ3v) is 3.12. The van der Waals surface area contributed by atoms with Gasteiger partial charge in [-0.15, -0.1) is 0 Å². The van der Waals surface area contributed by atoms with Crippen LogP contribution in [0.2, 0.25) is 5.02 Å². The number of halogens is 3. The first kappa shape index (κ1) is 14.9. The minimum Gasteiger partial charge on any atom is -0.387 e. The van der Waals surface area contributed by atoms with Crippen LogP contribution in [-0.2, 0) is 6.54 Å². The zero-order valence-electron chi connectivity index (χ0n) is 10.6. The highest BCUT2D eigenvalue weighted by Crippen LogP contribution is 2.20. The molecule has 0 amide bonds. The summed E-state index contributed by atoms with van der Waals surface area (Å²) < 4.78 is 26.9. The molecule has 0 aliphatic heterocycles. The van der Waals surface area contributed by atoms with Crippen LogP contribution in [0, 0.1) is 11.6 Å². The van der Waals surface area contributed by atoms with E-state index in [0.717, 1.165) is 17.7 Å². The monoisotopic (exact) mass is 297 g/mol. The molecule has 0 aromatic heterocycles. The lowest BCUT2D eigenvalue weighted by Crippen LogP contribution is -2.22. The predicted molar refractivity (Wildman–Crippen MR) is 74.5 cm³/mol. The second kappa shape index (κ2) is 6.79. The molecule has 0 radical (unpaired) electrons. The van der Waals surface area contributed by atoms with Gasteiger partial charge in [0.2, 0.25) is 0 Å². The molecule has 0 heterocycles. The van der Waals surface area contributed by atoms with Crippen LogP contribution in [0.5, 0.6) is 0 Å². The van der Waals surface area contributed by atoms with E-state index in [1.807, 2.05) is 12.1 Å². The largest absolute Gasteiger partial charge is 0.387 e. The molecule has 2 nitrogen and oxygen atoms in total. The summed E-state index contributed by atoms with van der Waals surface area (Å²) in [7, 11) is 0. The second-order valence-electron chi connectivity index (χ2n) is 4.41. The first-order valence-corrected chi connectivity index (χ1v) is 6.53. The lowest BCUT2D eigenvalue weighted by atomic mass is 10.1. The highest BCUT2D eigenvalue weighted by Gasteiger charge is 2.17. The quantitative estimate of drug-likeness (QED) is 0.886. The Labute approximate surface area is 121 Å². The Balaban J connectivity index is 1.94. The molecule has 5 heteroatoms. The molecule has 1 unspecified atom stereocenters. The molecule has 2 aromatic carbocycles. The molecule has 2 rings (SSSR count). The number of nitrogens with one attached hydrogen (secondary N) is 1. The first-order valence-electron chi connectivity index (χ1n) is 6.15. The molecule has 0 spiro atoms. The number of aliphatic hydroxyl groups is 1. The van der Waals surface area contributed by atoms with Crippen molar-refractivity contribution >= 4 is 11.6 Å². The van der Waals surface area contributed by atoms with Gasteiger partial charge in [-0.25, -0.2) is 8.78 Å². The van der Waals surface area contributed by atoms with E-state index >= 15 is 0 Å². The molecule has 0 saturated heterocycles.